The minimum absolute atomic E-state index is 0.161. The van der Waals surface area contributed by atoms with Crippen molar-refractivity contribution < 1.29 is 8.42 Å². The van der Waals surface area contributed by atoms with Crippen molar-refractivity contribution in [3.63, 3.8) is 0 Å². The molecule has 0 N–H and O–H groups in total. The van der Waals surface area contributed by atoms with Crippen molar-refractivity contribution in [2.75, 3.05) is 26.0 Å². The van der Waals surface area contributed by atoms with Crippen LogP contribution < -0.4 is 4.90 Å². The molecule has 1 aliphatic carbocycles. The number of hydrogen-bond acceptors (Lipinski definition) is 3. The zero-order chi connectivity index (χ0) is 15.6. The number of benzene rings is 1. The Morgan fingerprint density at radius 2 is 1.62 bits per heavy atom. The van der Waals surface area contributed by atoms with Gasteiger partial charge in [0.25, 0.3) is 0 Å². The Hall–Kier alpha value is -0.780. The van der Waals surface area contributed by atoms with E-state index in [1.54, 1.807) is 12.1 Å². The van der Waals surface area contributed by atoms with Crippen molar-refractivity contribution in [3.8, 4) is 0 Å². The maximum Gasteiger partial charge on any atom is 0.242 e. The normalized spacial score (nSPS) is 23.3. The number of hydrogen-bond donors (Lipinski definition) is 0. The van der Waals surface area contributed by atoms with E-state index in [0.717, 1.165) is 18.5 Å². The van der Waals surface area contributed by atoms with Crippen LogP contribution in [-0.2, 0) is 10.0 Å². The molecule has 6 heteroatoms. The molecule has 118 valence electrons. The van der Waals surface area contributed by atoms with Crippen LogP contribution in [0.5, 0.6) is 0 Å². The number of rotatable bonds is 4. The number of halogens is 1. The molecule has 4 nitrogen and oxygen atoms in total. The Balaban J connectivity index is 2.19. The molecule has 2 atom stereocenters. The maximum atomic E-state index is 12.1. The fraction of sp³-hybridized carbons (Fsp3) is 0.600. The summed E-state index contributed by atoms with van der Waals surface area (Å²) in [6.45, 7) is 0. The predicted molar refractivity (Wildman–Crippen MR) is 87.6 cm³/mol. The molecule has 2 unspecified atom stereocenters. The fourth-order valence-electron chi connectivity index (χ4n) is 2.76. The average molecular weight is 331 g/mol. The Kier molecular flexibility index (Phi) is 5.17. The van der Waals surface area contributed by atoms with Crippen LogP contribution in [0.4, 0.5) is 5.69 Å². The van der Waals surface area contributed by atoms with E-state index < -0.39 is 10.0 Å². The molecule has 0 aliphatic heterocycles. The highest BCUT2D eigenvalue weighted by molar-refractivity contribution is 7.89. The van der Waals surface area contributed by atoms with Crippen LogP contribution in [0.3, 0.4) is 0 Å². The summed E-state index contributed by atoms with van der Waals surface area (Å²) in [5.74, 6) is 0. The highest BCUT2D eigenvalue weighted by Gasteiger charge is 2.27. The fourth-order valence-corrected chi connectivity index (χ4v) is 4.11. The molecule has 0 saturated heterocycles. The van der Waals surface area contributed by atoms with Gasteiger partial charge in [-0.1, -0.05) is 12.8 Å². The summed E-state index contributed by atoms with van der Waals surface area (Å²) >= 11 is 6.43. The van der Waals surface area contributed by atoms with Gasteiger partial charge in [-0.05, 0) is 37.1 Å². The minimum Gasteiger partial charge on any atom is -0.370 e. The first-order valence-corrected chi connectivity index (χ1v) is 9.11. The van der Waals surface area contributed by atoms with E-state index in [1.807, 2.05) is 19.2 Å². The van der Waals surface area contributed by atoms with Crippen molar-refractivity contribution in [1.82, 2.24) is 4.31 Å². The first-order valence-electron chi connectivity index (χ1n) is 7.23. The summed E-state index contributed by atoms with van der Waals surface area (Å²) < 4.78 is 25.3. The van der Waals surface area contributed by atoms with Crippen molar-refractivity contribution in [3.05, 3.63) is 24.3 Å². The molecule has 1 aromatic carbocycles. The lowest BCUT2D eigenvalue weighted by Crippen LogP contribution is -2.40. The van der Waals surface area contributed by atoms with Crippen LogP contribution in [0, 0.1) is 0 Å². The quantitative estimate of drug-likeness (QED) is 0.797. The lowest BCUT2D eigenvalue weighted by molar-refractivity contribution is 0.434. The number of sulfonamides is 1. The first-order chi connectivity index (χ1) is 9.84. The van der Waals surface area contributed by atoms with E-state index >= 15 is 0 Å². The molecule has 2 rings (SSSR count). The average Bonchev–Trinajstić information content (AvgIpc) is 2.47. The lowest BCUT2D eigenvalue weighted by Gasteiger charge is -2.36. The van der Waals surface area contributed by atoms with Gasteiger partial charge in [0.2, 0.25) is 10.0 Å². The van der Waals surface area contributed by atoms with Crippen LogP contribution in [0.15, 0.2) is 29.2 Å². The van der Waals surface area contributed by atoms with E-state index in [2.05, 4.69) is 4.90 Å². The molecule has 1 aromatic rings. The number of nitrogens with zero attached hydrogens (tertiary/aromatic N) is 2. The Labute approximate surface area is 132 Å². The van der Waals surface area contributed by atoms with Crippen LogP contribution in [0.2, 0.25) is 0 Å². The number of anilines is 1. The van der Waals surface area contributed by atoms with Gasteiger partial charge < -0.3 is 4.90 Å². The summed E-state index contributed by atoms with van der Waals surface area (Å²) in [6, 6.07) is 7.35. The Morgan fingerprint density at radius 3 is 2.14 bits per heavy atom. The molecule has 1 saturated carbocycles. The monoisotopic (exact) mass is 330 g/mol. The summed E-state index contributed by atoms with van der Waals surface area (Å²) in [5, 5.41) is 0.161. The maximum absolute atomic E-state index is 12.1. The molecule has 0 radical (unpaired) electrons. The van der Waals surface area contributed by atoms with Crippen LogP contribution >= 0.6 is 11.6 Å². The van der Waals surface area contributed by atoms with Gasteiger partial charge in [-0.15, -0.1) is 11.6 Å². The third-order valence-corrected chi connectivity index (χ3v) is 6.51. The zero-order valence-corrected chi connectivity index (χ0v) is 14.4. The van der Waals surface area contributed by atoms with Crippen LogP contribution in [0.1, 0.15) is 25.7 Å². The van der Waals surface area contributed by atoms with E-state index in [4.69, 9.17) is 11.6 Å². The molecule has 1 fully saturated rings. The second-order valence-corrected chi connectivity index (χ2v) is 8.47. The van der Waals surface area contributed by atoms with Gasteiger partial charge in [-0.2, -0.15) is 0 Å². The Morgan fingerprint density at radius 1 is 1.05 bits per heavy atom. The smallest absolute Gasteiger partial charge is 0.242 e. The summed E-state index contributed by atoms with van der Waals surface area (Å²) in [6.07, 6.45) is 4.52. The molecule has 0 aromatic heterocycles. The zero-order valence-electron chi connectivity index (χ0n) is 12.8. The molecular weight excluding hydrogens is 308 g/mol. The van der Waals surface area contributed by atoms with E-state index in [-0.39, 0.29) is 5.38 Å². The van der Waals surface area contributed by atoms with Gasteiger partial charge in [-0.25, -0.2) is 12.7 Å². The molecular formula is C15H23ClN2O2S. The third kappa shape index (κ3) is 3.52. The lowest BCUT2D eigenvalue weighted by atomic mass is 9.93. The van der Waals surface area contributed by atoms with Crippen molar-refractivity contribution in [2.24, 2.45) is 0 Å². The van der Waals surface area contributed by atoms with E-state index in [1.165, 1.54) is 31.2 Å². The van der Waals surface area contributed by atoms with Gasteiger partial charge >= 0.3 is 0 Å². The van der Waals surface area contributed by atoms with Gasteiger partial charge in [0.05, 0.1) is 10.3 Å². The molecule has 1 aliphatic rings. The first kappa shape index (κ1) is 16.6. The molecule has 0 bridgehead atoms. The number of alkyl halides is 1. The Bertz CT molecular complexity index is 572. The molecule has 21 heavy (non-hydrogen) atoms. The van der Waals surface area contributed by atoms with Gasteiger partial charge in [0.15, 0.2) is 0 Å². The van der Waals surface area contributed by atoms with E-state index in [0.29, 0.717) is 10.9 Å². The highest BCUT2D eigenvalue weighted by Crippen LogP contribution is 2.30. The molecule has 0 heterocycles. The van der Waals surface area contributed by atoms with Crippen LogP contribution in [-0.4, -0.2) is 45.3 Å². The minimum atomic E-state index is -3.37. The van der Waals surface area contributed by atoms with Crippen LogP contribution in [0.25, 0.3) is 0 Å². The summed E-state index contributed by atoms with van der Waals surface area (Å²) in [5.41, 5.74) is 1.00. The second-order valence-electron chi connectivity index (χ2n) is 5.76. The second kappa shape index (κ2) is 6.55. The molecule has 0 spiro atoms. The van der Waals surface area contributed by atoms with Gasteiger partial charge in [0, 0.05) is 32.9 Å². The van der Waals surface area contributed by atoms with Gasteiger partial charge in [-0.3, -0.25) is 0 Å². The van der Waals surface area contributed by atoms with Gasteiger partial charge in [0.1, 0.15) is 0 Å². The van der Waals surface area contributed by atoms with Crippen molar-refractivity contribution in [1.29, 1.82) is 0 Å². The summed E-state index contributed by atoms with van der Waals surface area (Å²) in [7, 11) is 1.74. The van der Waals surface area contributed by atoms with E-state index in [9.17, 15) is 8.42 Å². The predicted octanol–water partition coefficient (Wildman–Crippen LogP) is 2.92. The third-order valence-electron chi connectivity index (χ3n) is 4.17. The highest BCUT2D eigenvalue weighted by atomic mass is 35.5. The van der Waals surface area contributed by atoms with Crippen molar-refractivity contribution >= 4 is 27.3 Å². The largest absolute Gasteiger partial charge is 0.370 e. The topological polar surface area (TPSA) is 40.6 Å². The van der Waals surface area contributed by atoms with Crippen molar-refractivity contribution in [2.45, 2.75) is 42.0 Å². The standard InChI is InChI=1S/C15H23ClN2O2S/c1-17(2)21(19,20)13-10-8-12(9-11-13)18(3)15-7-5-4-6-14(15)16/h8-11,14-15H,4-7H2,1-3H3. The molecule has 0 amide bonds. The SMILES string of the molecule is CN(c1ccc(S(=O)(=O)N(C)C)cc1)C1CCCCC1Cl. The summed E-state index contributed by atoms with van der Waals surface area (Å²) in [4.78, 5) is 2.49.